The number of carbonyl (C=O) groups is 1. The Morgan fingerprint density at radius 2 is 2.25 bits per heavy atom. The van der Waals surface area contributed by atoms with Gasteiger partial charge in [-0.1, -0.05) is 18.2 Å². The molecule has 2 N–H and O–H groups in total. The van der Waals surface area contributed by atoms with Gasteiger partial charge >= 0.3 is 6.03 Å². The molecular formula is C15H21FN2O2. The number of benzene rings is 1. The standard InChI is InChI=1S/C15H21FN2O2/c16-14-8-2-1-5-12(14)11-17-15(20)18-9-3-6-13(18)7-4-10-19/h1-2,5,8,13,19H,3-4,6-7,9-11H2,(H,17,20). The fourth-order valence-corrected chi connectivity index (χ4v) is 2.64. The lowest BCUT2D eigenvalue weighted by atomic mass is 10.1. The van der Waals surface area contributed by atoms with Gasteiger partial charge in [-0.15, -0.1) is 0 Å². The van der Waals surface area contributed by atoms with Crippen LogP contribution in [0.4, 0.5) is 9.18 Å². The molecule has 0 bridgehead atoms. The van der Waals surface area contributed by atoms with Gasteiger partial charge in [-0.05, 0) is 31.7 Å². The second kappa shape index (κ2) is 7.24. The van der Waals surface area contributed by atoms with Crippen molar-refractivity contribution in [1.82, 2.24) is 10.2 Å². The van der Waals surface area contributed by atoms with Crippen LogP contribution >= 0.6 is 0 Å². The van der Waals surface area contributed by atoms with Crippen LogP contribution in [0.15, 0.2) is 24.3 Å². The van der Waals surface area contributed by atoms with E-state index in [2.05, 4.69) is 5.32 Å². The van der Waals surface area contributed by atoms with E-state index in [-0.39, 0.29) is 31.0 Å². The first-order valence-corrected chi connectivity index (χ1v) is 7.11. The zero-order valence-electron chi connectivity index (χ0n) is 11.5. The molecule has 0 saturated carbocycles. The fourth-order valence-electron chi connectivity index (χ4n) is 2.64. The predicted molar refractivity (Wildman–Crippen MR) is 74.7 cm³/mol. The van der Waals surface area contributed by atoms with Crippen LogP contribution < -0.4 is 5.32 Å². The van der Waals surface area contributed by atoms with E-state index in [0.717, 1.165) is 25.8 Å². The van der Waals surface area contributed by atoms with Crippen molar-refractivity contribution >= 4 is 6.03 Å². The molecule has 1 aliphatic heterocycles. The minimum Gasteiger partial charge on any atom is -0.396 e. The number of hydrogen-bond acceptors (Lipinski definition) is 2. The van der Waals surface area contributed by atoms with Gasteiger partial charge < -0.3 is 15.3 Å². The molecule has 0 radical (unpaired) electrons. The second-order valence-electron chi connectivity index (χ2n) is 5.11. The highest BCUT2D eigenvalue weighted by atomic mass is 19.1. The molecule has 1 atom stereocenters. The number of nitrogens with zero attached hydrogens (tertiary/aromatic N) is 1. The van der Waals surface area contributed by atoms with E-state index < -0.39 is 0 Å². The Morgan fingerprint density at radius 1 is 1.45 bits per heavy atom. The third-order valence-corrected chi connectivity index (χ3v) is 3.72. The van der Waals surface area contributed by atoms with Gasteiger partial charge in [0.05, 0.1) is 0 Å². The second-order valence-corrected chi connectivity index (χ2v) is 5.11. The minimum absolute atomic E-state index is 0.145. The van der Waals surface area contributed by atoms with Crippen molar-refractivity contribution in [3.05, 3.63) is 35.6 Å². The molecule has 0 spiro atoms. The Balaban J connectivity index is 1.86. The Kier molecular flexibility index (Phi) is 5.35. The zero-order chi connectivity index (χ0) is 14.4. The molecule has 1 aromatic carbocycles. The summed E-state index contributed by atoms with van der Waals surface area (Å²) < 4.78 is 13.5. The quantitative estimate of drug-likeness (QED) is 0.869. The molecule has 0 aromatic heterocycles. The van der Waals surface area contributed by atoms with Crippen LogP contribution in [0.1, 0.15) is 31.2 Å². The average Bonchev–Trinajstić information content (AvgIpc) is 2.92. The summed E-state index contributed by atoms with van der Waals surface area (Å²) in [5.41, 5.74) is 0.493. The van der Waals surface area contributed by atoms with Crippen LogP contribution in [0.2, 0.25) is 0 Å². The summed E-state index contributed by atoms with van der Waals surface area (Å²) in [6.45, 7) is 1.09. The monoisotopic (exact) mass is 280 g/mol. The summed E-state index contributed by atoms with van der Waals surface area (Å²) in [4.78, 5) is 13.9. The molecule has 1 aliphatic rings. The predicted octanol–water partition coefficient (Wildman–Crippen LogP) is 2.27. The van der Waals surface area contributed by atoms with Crippen molar-refractivity contribution in [2.45, 2.75) is 38.3 Å². The van der Waals surface area contributed by atoms with E-state index in [1.807, 2.05) is 0 Å². The number of likely N-dealkylation sites (tertiary alicyclic amines) is 1. The first-order chi connectivity index (χ1) is 9.72. The maximum Gasteiger partial charge on any atom is 0.317 e. The summed E-state index contributed by atoms with van der Waals surface area (Å²) in [6.07, 6.45) is 3.50. The largest absolute Gasteiger partial charge is 0.396 e. The molecule has 4 nitrogen and oxygen atoms in total. The Bertz CT molecular complexity index is 453. The Hall–Kier alpha value is -1.62. The van der Waals surface area contributed by atoms with Crippen molar-refractivity contribution < 1.29 is 14.3 Å². The van der Waals surface area contributed by atoms with Crippen molar-refractivity contribution in [2.75, 3.05) is 13.2 Å². The van der Waals surface area contributed by atoms with Gasteiger partial charge in [0.1, 0.15) is 5.82 Å². The van der Waals surface area contributed by atoms with Gasteiger partial charge in [-0.3, -0.25) is 0 Å². The third-order valence-electron chi connectivity index (χ3n) is 3.72. The number of nitrogens with one attached hydrogen (secondary N) is 1. The van der Waals surface area contributed by atoms with Gasteiger partial charge in [0.25, 0.3) is 0 Å². The highest BCUT2D eigenvalue weighted by Crippen LogP contribution is 2.21. The molecular weight excluding hydrogens is 259 g/mol. The molecule has 1 aromatic rings. The van der Waals surface area contributed by atoms with Crippen molar-refractivity contribution in [3.8, 4) is 0 Å². The highest BCUT2D eigenvalue weighted by Gasteiger charge is 2.27. The van der Waals surface area contributed by atoms with Gasteiger partial charge in [0.2, 0.25) is 0 Å². The highest BCUT2D eigenvalue weighted by molar-refractivity contribution is 5.74. The van der Waals surface area contributed by atoms with Crippen molar-refractivity contribution in [3.63, 3.8) is 0 Å². The third kappa shape index (κ3) is 3.70. The Morgan fingerprint density at radius 3 is 3.00 bits per heavy atom. The number of aliphatic hydroxyl groups is 1. The molecule has 1 unspecified atom stereocenters. The number of aliphatic hydroxyl groups excluding tert-OH is 1. The van der Waals surface area contributed by atoms with Crippen LogP contribution in [0.25, 0.3) is 0 Å². The number of halogens is 1. The van der Waals surface area contributed by atoms with Crippen molar-refractivity contribution in [1.29, 1.82) is 0 Å². The number of carbonyl (C=O) groups excluding carboxylic acids is 1. The molecule has 5 heteroatoms. The first-order valence-electron chi connectivity index (χ1n) is 7.11. The lowest BCUT2D eigenvalue weighted by Crippen LogP contribution is -2.42. The number of amides is 2. The minimum atomic E-state index is -0.300. The summed E-state index contributed by atoms with van der Waals surface area (Å²) in [5.74, 6) is -0.300. The molecule has 2 rings (SSSR count). The van der Waals surface area contributed by atoms with Gasteiger partial charge in [-0.2, -0.15) is 0 Å². The first kappa shape index (κ1) is 14.8. The van der Waals surface area contributed by atoms with Crippen LogP contribution in [-0.4, -0.2) is 35.2 Å². The SMILES string of the molecule is O=C(NCc1ccccc1F)N1CCCC1CCCO. The number of urea groups is 1. The van der Waals surface area contributed by atoms with Crippen LogP contribution in [-0.2, 0) is 6.54 Å². The Labute approximate surface area is 118 Å². The normalized spacial score (nSPS) is 18.3. The van der Waals surface area contributed by atoms with E-state index in [1.165, 1.54) is 6.07 Å². The summed E-state index contributed by atoms with van der Waals surface area (Å²) in [7, 11) is 0. The van der Waals surface area contributed by atoms with E-state index in [1.54, 1.807) is 23.1 Å². The smallest absolute Gasteiger partial charge is 0.317 e. The fraction of sp³-hybridized carbons (Fsp3) is 0.533. The molecule has 110 valence electrons. The van der Waals surface area contributed by atoms with Gasteiger partial charge in [-0.25, -0.2) is 9.18 Å². The van der Waals surface area contributed by atoms with Crippen LogP contribution in [0, 0.1) is 5.82 Å². The lowest BCUT2D eigenvalue weighted by Gasteiger charge is -2.25. The van der Waals surface area contributed by atoms with Crippen LogP contribution in [0.3, 0.4) is 0 Å². The summed E-state index contributed by atoms with van der Waals surface area (Å²) in [5, 5.41) is 11.6. The van der Waals surface area contributed by atoms with Crippen molar-refractivity contribution in [2.24, 2.45) is 0 Å². The molecule has 0 aliphatic carbocycles. The maximum atomic E-state index is 13.5. The van der Waals surface area contributed by atoms with Gasteiger partial charge in [0, 0.05) is 31.3 Å². The molecule has 1 fully saturated rings. The van der Waals surface area contributed by atoms with E-state index in [4.69, 9.17) is 5.11 Å². The number of rotatable bonds is 5. The average molecular weight is 280 g/mol. The van der Waals surface area contributed by atoms with E-state index in [0.29, 0.717) is 12.0 Å². The topological polar surface area (TPSA) is 52.6 Å². The van der Waals surface area contributed by atoms with E-state index >= 15 is 0 Å². The van der Waals surface area contributed by atoms with E-state index in [9.17, 15) is 9.18 Å². The molecule has 1 saturated heterocycles. The molecule has 1 heterocycles. The summed E-state index contributed by atoms with van der Waals surface area (Å²) >= 11 is 0. The number of hydrogen-bond donors (Lipinski definition) is 2. The van der Waals surface area contributed by atoms with Crippen LogP contribution in [0.5, 0.6) is 0 Å². The molecule has 2 amide bonds. The van der Waals surface area contributed by atoms with Gasteiger partial charge in [0.15, 0.2) is 0 Å². The molecule has 20 heavy (non-hydrogen) atoms. The lowest BCUT2D eigenvalue weighted by molar-refractivity contribution is 0.184. The summed E-state index contributed by atoms with van der Waals surface area (Å²) in [6, 6.07) is 6.50. The zero-order valence-corrected chi connectivity index (χ0v) is 11.5. The maximum absolute atomic E-state index is 13.5.